The van der Waals surface area contributed by atoms with Gasteiger partial charge in [-0.15, -0.1) is 0 Å². The Morgan fingerprint density at radius 3 is 2.58 bits per heavy atom. The predicted octanol–water partition coefficient (Wildman–Crippen LogP) is 5.47. The number of rotatable bonds is 6. The van der Waals surface area contributed by atoms with Crippen LogP contribution < -0.4 is 14.4 Å². The van der Waals surface area contributed by atoms with E-state index in [1.807, 2.05) is 13.0 Å². The van der Waals surface area contributed by atoms with E-state index in [1.54, 1.807) is 36.4 Å². The molecule has 3 aromatic carbocycles. The van der Waals surface area contributed by atoms with Gasteiger partial charge in [-0.2, -0.15) is 0 Å². The van der Waals surface area contributed by atoms with E-state index in [4.69, 9.17) is 9.47 Å². The molecule has 1 aliphatic rings. The number of aliphatic hydroxyl groups excluding tert-OH is 1. The van der Waals surface area contributed by atoms with E-state index in [9.17, 15) is 19.1 Å². The van der Waals surface area contributed by atoms with Crippen LogP contribution in [0.3, 0.4) is 0 Å². The molecule has 36 heavy (non-hydrogen) atoms. The number of carbonyl (C=O) groups is 2. The second kappa shape index (κ2) is 9.43. The first kappa shape index (κ1) is 23.5. The molecule has 182 valence electrons. The maximum atomic E-state index is 13.7. The van der Waals surface area contributed by atoms with Crippen molar-refractivity contribution in [3.63, 3.8) is 0 Å². The summed E-state index contributed by atoms with van der Waals surface area (Å²) in [6, 6.07) is 16.4. The first-order chi connectivity index (χ1) is 17.4. The highest BCUT2D eigenvalue weighted by molar-refractivity contribution is 7.22. The molecule has 4 aromatic rings. The van der Waals surface area contributed by atoms with E-state index in [2.05, 4.69) is 4.98 Å². The average molecular weight is 505 g/mol. The fourth-order valence-electron chi connectivity index (χ4n) is 4.17. The summed E-state index contributed by atoms with van der Waals surface area (Å²) in [4.78, 5) is 32.5. The second-order valence-electron chi connectivity index (χ2n) is 8.01. The molecule has 1 atom stereocenters. The number of aromatic nitrogens is 1. The van der Waals surface area contributed by atoms with Gasteiger partial charge in [-0.05, 0) is 55.0 Å². The van der Waals surface area contributed by atoms with Crippen molar-refractivity contribution in [1.82, 2.24) is 4.98 Å². The van der Waals surface area contributed by atoms with E-state index in [0.29, 0.717) is 34.7 Å². The molecule has 1 N–H and O–H groups in total. The number of ketones is 1. The average Bonchev–Trinajstić information content (AvgIpc) is 3.42. The van der Waals surface area contributed by atoms with Gasteiger partial charge in [-0.1, -0.05) is 35.6 Å². The topological polar surface area (TPSA) is 89.0 Å². The Morgan fingerprint density at radius 2 is 1.86 bits per heavy atom. The van der Waals surface area contributed by atoms with Gasteiger partial charge in [0.15, 0.2) is 5.13 Å². The molecular weight excluding hydrogens is 483 g/mol. The maximum absolute atomic E-state index is 13.7. The number of halogens is 1. The van der Waals surface area contributed by atoms with Crippen LogP contribution in [0.2, 0.25) is 0 Å². The van der Waals surface area contributed by atoms with Gasteiger partial charge in [0.1, 0.15) is 23.1 Å². The van der Waals surface area contributed by atoms with Crippen molar-refractivity contribution in [1.29, 1.82) is 0 Å². The number of nitrogens with zero attached hydrogens (tertiary/aromatic N) is 2. The third-order valence-corrected chi connectivity index (χ3v) is 6.86. The number of fused-ring (bicyclic) bond motifs is 1. The third kappa shape index (κ3) is 4.07. The minimum Gasteiger partial charge on any atom is -0.507 e. The van der Waals surface area contributed by atoms with Crippen molar-refractivity contribution in [2.45, 2.75) is 13.0 Å². The van der Waals surface area contributed by atoms with Crippen molar-refractivity contribution in [2.75, 3.05) is 18.6 Å². The quantitative estimate of drug-likeness (QED) is 0.213. The fraction of sp³-hybridized carbons (Fsp3) is 0.148. The summed E-state index contributed by atoms with van der Waals surface area (Å²) in [5.74, 6) is -1.38. The Bertz CT molecular complexity index is 1510. The van der Waals surface area contributed by atoms with E-state index in [0.717, 1.165) is 4.70 Å². The monoisotopic (exact) mass is 504 g/mol. The third-order valence-electron chi connectivity index (χ3n) is 5.84. The highest BCUT2D eigenvalue weighted by Gasteiger charge is 2.48. The van der Waals surface area contributed by atoms with Crippen LogP contribution >= 0.6 is 11.3 Å². The number of hydrogen-bond donors (Lipinski definition) is 1. The number of aliphatic hydroxyl groups is 1. The minimum absolute atomic E-state index is 0.117. The van der Waals surface area contributed by atoms with Crippen molar-refractivity contribution in [3.05, 3.63) is 89.2 Å². The zero-order chi connectivity index (χ0) is 25.4. The number of ether oxygens (including phenoxy) is 2. The number of hydrogen-bond acceptors (Lipinski definition) is 7. The first-order valence-electron chi connectivity index (χ1n) is 11.2. The Morgan fingerprint density at radius 1 is 1.08 bits per heavy atom. The first-order valence-corrected chi connectivity index (χ1v) is 12.0. The second-order valence-corrected chi connectivity index (χ2v) is 9.02. The fourth-order valence-corrected chi connectivity index (χ4v) is 5.19. The predicted molar refractivity (Wildman–Crippen MR) is 135 cm³/mol. The standard InChI is InChI=1S/C27H21FN2O5S/c1-3-35-19-11-12-20-21(14-19)36-27(29-20)30-23(15-7-9-17(28)10-8-15)22(25(32)26(30)33)24(31)16-5-4-6-18(13-16)34-2/h4-14,23,31H,3H2,1-2H3. The number of benzene rings is 3. The number of carbonyl (C=O) groups excluding carboxylic acids is 2. The molecule has 1 amide bonds. The van der Waals surface area contributed by atoms with Crippen molar-refractivity contribution < 1.29 is 28.6 Å². The molecule has 1 aliphatic heterocycles. The van der Waals surface area contributed by atoms with Crippen LogP contribution in [0.1, 0.15) is 24.1 Å². The SMILES string of the molecule is CCOc1ccc2nc(N3C(=O)C(=O)C(=C(O)c4cccc(OC)c4)C3c3ccc(F)cc3)sc2c1. The summed E-state index contributed by atoms with van der Waals surface area (Å²) in [5.41, 5.74) is 1.28. The van der Waals surface area contributed by atoms with Crippen LogP contribution in [0.15, 0.2) is 72.3 Å². The van der Waals surface area contributed by atoms with Crippen LogP contribution in [0.5, 0.6) is 11.5 Å². The zero-order valence-electron chi connectivity index (χ0n) is 19.4. The lowest BCUT2D eigenvalue weighted by Crippen LogP contribution is -2.29. The number of Topliss-reactive ketones (excluding diaryl/α,β-unsaturated/α-hetero) is 1. The summed E-state index contributed by atoms with van der Waals surface area (Å²) in [6.45, 7) is 2.38. The van der Waals surface area contributed by atoms with Crippen LogP contribution in [-0.4, -0.2) is 35.5 Å². The molecule has 9 heteroatoms. The van der Waals surface area contributed by atoms with Gasteiger partial charge < -0.3 is 14.6 Å². The lowest BCUT2D eigenvalue weighted by molar-refractivity contribution is -0.132. The van der Waals surface area contributed by atoms with Crippen molar-refractivity contribution >= 4 is 44.1 Å². The number of methoxy groups -OCH3 is 1. The Hall–Kier alpha value is -4.24. The van der Waals surface area contributed by atoms with Crippen LogP contribution in [-0.2, 0) is 9.59 Å². The van der Waals surface area contributed by atoms with Crippen LogP contribution in [0, 0.1) is 5.82 Å². The number of amides is 1. The van der Waals surface area contributed by atoms with Crippen LogP contribution in [0.4, 0.5) is 9.52 Å². The molecule has 2 heterocycles. The lowest BCUT2D eigenvalue weighted by atomic mass is 9.95. The lowest BCUT2D eigenvalue weighted by Gasteiger charge is -2.23. The molecule has 5 rings (SSSR count). The molecule has 1 fully saturated rings. The Labute approximate surface area is 210 Å². The smallest absolute Gasteiger partial charge is 0.301 e. The molecule has 0 saturated carbocycles. The summed E-state index contributed by atoms with van der Waals surface area (Å²) >= 11 is 1.22. The molecule has 0 bridgehead atoms. The zero-order valence-corrected chi connectivity index (χ0v) is 20.2. The highest BCUT2D eigenvalue weighted by Crippen LogP contribution is 2.44. The van der Waals surface area contributed by atoms with Gasteiger partial charge in [-0.3, -0.25) is 14.5 Å². The summed E-state index contributed by atoms with van der Waals surface area (Å²) in [5, 5.41) is 11.5. The van der Waals surface area contributed by atoms with Gasteiger partial charge >= 0.3 is 5.91 Å². The van der Waals surface area contributed by atoms with Gasteiger partial charge in [-0.25, -0.2) is 9.37 Å². The van der Waals surface area contributed by atoms with E-state index in [-0.39, 0.29) is 16.5 Å². The summed E-state index contributed by atoms with van der Waals surface area (Å²) in [7, 11) is 1.49. The van der Waals surface area contributed by atoms with Gasteiger partial charge in [0.05, 0.1) is 35.5 Å². The van der Waals surface area contributed by atoms with Crippen molar-refractivity contribution in [3.8, 4) is 11.5 Å². The molecule has 1 unspecified atom stereocenters. The van der Waals surface area contributed by atoms with Gasteiger partial charge in [0.25, 0.3) is 5.78 Å². The van der Waals surface area contributed by atoms with Crippen LogP contribution in [0.25, 0.3) is 16.0 Å². The highest BCUT2D eigenvalue weighted by atomic mass is 32.1. The molecule has 7 nitrogen and oxygen atoms in total. The maximum Gasteiger partial charge on any atom is 0.301 e. The van der Waals surface area contributed by atoms with Crippen molar-refractivity contribution in [2.24, 2.45) is 0 Å². The Kier molecular flexibility index (Phi) is 6.15. The molecule has 1 saturated heterocycles. The van der Waals surface area contributed by atoms with E-state index < -0.39 is 23.5 Å². The molecule has 0 spiro atoms. The van der Waals surface area contributed by atoms with E-state index >= 15 is 0 Å². The largest absolute Gasteiger partial charge is 0.507 e. The van der Waals surface area contributed by atoms with Gasteiger partial charge in [0, 0.05) is 5.56 Å². The number of anilines is 1. The Balaban J connectivity index is 1.69. The molecular formula is C27H21FN2O5S. The van der Waals surface area contributed by atoms with E-state index in [1.165, 1.54) is 47.6 Å². The molecule has 0 radical (unpaired) electrons. The number of thiazole rings is 1. The summed E-state index contributed by atoms with van der Waals surface area (Å²) < 4.78 is 25.3. The molecule has 0 aliphatic carbocycles. The minimum atomic E-state index is -1.01. The normalized spacial score (nSPS) is 17.1. The molecule has 1 aromatic heterocycles. The van der Waals surface area contributed by atoms with Gasteiger partial charge in [0.2, 0.25) is 0 Å². The summed E-state index contributed by atoms with van der Waals surface area (Å²) in [6.07, 6.45) is 0.